The monoisotopic (exact) mass is 346 g/mol. The maximum atomic E-state index is 14.3. The van der Waals surface area contributed by atoms with Crippen LogP contribution >= 0.6 is 23.2 Å². The molecule has 0 saturated carbocycles. The van der Waals surface area contributed by atoms with Crippen LogP contribution in [0.1, 0.15) is 32.6 Å². The summed E-state index contributed by atoms with van der Waals surface area (Å²) in [6.45, 7) is 5.26. The van der Waals surface area contributed by atoms with E-state index in [0.717, 1.165) is 0 Å². The second kappa shape index (κ2) is 6.44. The van der Waals surface area contributed by atoms with Crippen LogP contribution in [0.3, 0.4) is 0 Å². The Labute approximate surface area is 138 Å². The van der Waals surface area contributed by atoms with Crippen molar-refractivity contribution in [3.8, 4) is 17.0 Å². The van der Waals surface area contributed by atoms with Crippen LogP contribution in [0.5, 0.6) is 5.75 Å². The number of hydrogen-bond donors (Lipinski definition) is 1. The molecule has 22 heavy (non-hydrogen) atoms. The molecule has 0 aliphatic rings. The van der Waals surface area contributed by atoms with Crippen molar-refractivity contribution in [1.29, 1.82) is 0 Å². The van der Waals surface area contributed by atoms with E-state index in [-0.39, 0.29) is 27.4 Å². The fourth-order valence-electron chi connectivity index (χ4n) is 2.19. The van der Waals surface area contributed by atoms with Crippen molar-refractivity contribution in [2.75, 3.05) is 0 Å². The zero-order valence-electron chi connectivity index (χ0n) is 12.7. The number of aliphatic hydroxyl groups excluding tert-OH is 1. The molecule has 0 radical (unpaired) electrons. The topological polar surface area (TPSA) is 47.3 Å². The molecule has 1 unspecified atom stereocenters. The second-order valence-corrected chi connectivity index (χ2v) is 6.06. The van der Waals surface area contributed by atoms with Crippen molar-refractivity contribution in [2.24, 2.45) is 7.05 Å². The summed E-state index contributed by atoms with van der Waals surface area (Å²) in [5, 5.41) is 14.3. The Morgan fingerprint density at radius 2 is 1.91 bits per heavy atom. The van der Waals surface area contributed by atoms with Crippen molar-refractivity contribution in [1.82, 2.24) is 9.78 Å². The molecular weight excluding hydrogens is 330 g/mol. The summed E-state index contributed by atoms with van der Waals surface area (Å²) >= 11 is 12.2. The molecule has 0 aliphatic heterocycles. The van der Waals surface area contributed by atoms with Crippen molar-refractivity contribution >= 4 is 23.2 Å². The highest BCUT2D eigenvalue weighted by Crippen LogP contribution is 2.38. The molecule has 2 rings (SSSR count). The molecule has 0 bridgehead atoms. The lowest BCUT2D eigenvalue weighted by atomic mass is 10.1. The number of hydrogen-bond acceptors (Lipinski definition) is 3. The summed E-state index contributed by atoms with van der Waals surface area (Å²) in [6.07, 6.45) is -0.927. The zero-order valence-corrected chi connectivity index (χ0v) is 14.2. The average molecular weight is 347 g/mol. The third-order valence-corrected chi connectivity index (χ3v) is 3.73. The lowest BCUT2D eigenvalue weighted by Gasteiger charge is -2.13. The summed E-state index contributed by atoms with van der Waals surface area (Å²) < 4.78 is 21.3. The van der Waals surface area contributed by atoms with E-state index in [1.807, 2.05) is 13.8 Å². The van der Waals surface area contributed by atoms with E-state index in [4.69, 9.17) is 27.9 Å². The third-order valence-electron chi connectivity index (χ3n) is 3.07. The van der Waals surface area contributed by atoms with E-state index in [2.05, 4.69) is 5.10 Å². The van der Waals surface area contributed by atoms with Gasteiger partial charge in [0, 0.05) is 12.6 Å². The van der Waals surface area contributed by atoms with Crippen LogP contribution < -0.4 is 4.74 Å². The number of rotatable bonds is 4. The Morgan fingerprint density at radius 1 is 1.27 bits per heavy atom. The molecule has 1 N–H and O–H groups in total. The highest BCUT2D eigenvalue weighted by atomic mass is 35.5. The van der Waals surface area contributed by atoms with Crippen molar-refractivity contribution in [3.05, 3.63) is 33.7 Å². The SMILES string of the molecule is CC(C)Oc1cc(-c2nn(C)c(C(C)O)c2Cl)c(F)cc1Cl. The molecule has 2 aromatic rings. The van der Waals surface area contributed by atoms with Crippen LogP contribution in [0, 0.1) is 5.82 Å². The fraction of sp³-hybridized carbons (Fsp3) is 0.400. The molecule has 0 fully saturated rings. The van der Waals surface area contributed by atoms with E-state index in [0.29, 0.717) is 11.4 Å². The van der Waals surface area contributed by atoms with Gasteiger partial charge < -0.3 is 9.84 Å². The third kappa shape index (κ3) is 3.21. The highest BCUT2D eigenvalue weighted by molar-refractivity contribution is 6.34. The van der Waals surface area contributed by atoms with Crippen LogP contribution in [0.2, 0.25) is 10.0 Å². The van der Waals surface area contributed by atoms with Gasteiger partial charge in [-0.05, 0) is 32.9 Å². The minimum Gasteiger partial charge on any atom is -0.489 e. The number of aliphatic hydroxyl groups is 1. The van der Waals surface area contributed by atoms with Gasteiger partial charge in [-0.2, -0.15) is 5.10 Å². The van der Waals surface area contributed by atoms with E-state index >= 15 is 0 Å². The first-order valence-corrected chi connectivity index (χ1v) is 7.54. The molecule has 1 atom stereocenters. The van der Waals surface area contributed by atoms with Crippen molar-refractivity contribution < 1.29 is 14.2 Å². The molecule has 0 saturated heterocycles. The van der Waals surface area contributed by atoms with Gasteiger partial charge in [0.25, 0.3) is 0 Å². The number of ether oxygens (including phenoxy) is 1. The summed E-state index contributed by atoms with van der Waals surface area (Å²) in [4.78, 5) is 0. The molecule has 4 nitrogen and oxygen atoms in total. The predicted octanol–water partition coefficient (Wildman–Crippen LogP) is 4.37. The smallest absolute Gasteiger partial charge is 0.139 e. The number of halogens is 3. The van der Waals surface area contributed by atoms with Gasteiger partial charge in [0.2, 0.25) is 0 Å². The Hall–Kier alpha value is -1.30. The van der Waals surface area contributed by atoms with Gasteiger partial charge >= 0.3 is 0 Å². The molecule has 120 valence electrons. The molecule has 1 aromatic heterocycles. The van der Waals surface area contributed by atoms with Crippen LogP contribution in [-0.2, 0) is 7.05 Å². The molecular formula is C15H17Cl2FN2O2. The van der Waals surface area contributed by atoms with Crippen LogP contribution in [0.15, 0.2) is 12.1 Å². The molecule has 0 aliphatic carbocycles. The normalized spacial score (nSPS) is 12.8. The standard InChI is InChI=1S/C15H17Cl2FN2O2/c1-7(2)22-12-5-9(11(18)6-10(12)16)14-13(17)15(8(3)21)20(4)19-14/h5-8,21H,1-4H3. The van der Waals surface area contributed by atoms with Crippen LogP contribution in [0.25, 0.3) is 11.3 Å². The number of nitrogens with zero attached hydrogens (tertiary/aromatic N) is 2. The van der Waals surface area contributed by atoms with E-state index in [9.17, 15) is 9.50 Å². The maximum Gasteiger partial charge on any atom is 0.139 e. The van der Waals surface area contributed by atoms with E-state index in [1.165, 1.54) is 16.8 Å². The largest absolute Gasteiger partial charge is 0.489 e. The van der Waals surface area contributed by atoms with Gasteiger partial charge in [0.15, 0.2) is 0 Å². The van der Waals surface area contributed by atoms with Gasteiger partial charge in [-0.3, -0.25) is 4.68 Å². The first-order chi connectivity index (χ1) is 10.2. The Balaban J connectivity index is 2.60. The van der Waals surface area contributed by atoms with E-state index < -0.39 is 11.9 Å². The number of aromatic nitrogens is 2. The first kappa shape index (κ1) is 17.1. The van der Waals surface area contributed by atoms with Crippen molar-refractivity contribution in [2.45, 2.75) is 33.0 Å². The number of benzene rings is 1. The minimum absolute atomic E-state index is 0.108. The molecule has 1 aromatic carbocycles. The fourth-order valence-corrected chi connectivity index (χ4v) is 2.81. The van der Waals surface area contributed by atoms with Gasteiger partial charge in [-0.1, -0.05) is 23.2 Å². The first-order valence-electron chi connectivity index (χ1n) is 6.78. The van der Waals surface area contributed by atoms with E-state index in [1.54, 1.807) is 14.0 Å². The van der Waals surface area contributed by atoms with Crippen molar-refractivity contribution in [3.63, 3.8) is 0 Å². The Bertz CT molecular complexity index is 699. The van der Waals surface area contributed by atoms with Gasteiger partial charge in [0.05, 0.1) is 27.9 Å². The summed E-state index contributed by atoms with van der Waals surface area (Å²) in [6, 6.07) is 2.64. The summed E-state index contributed by atoms with van der Waals surface area (Å²) in [5.74, 6) is -0.202. The van der Waals surface area contributed by atoms with Gasteiger partial charge in [-0.25, -0.2) is 4.39 Å². The Morgan fingerprint density at radius 3 is 2.41 bits per heavy atom. The summed E-state index contributed by atoms with van der Waals surface area (Å²) in [5.41, 5.74) is 0.827. The maximum absolute atomic E-state index is 14.3. The molecule has 7 heteroatoms. The molecule has 1 heterocycles. The lowest BCUT2D eigenvalue weighted by molar-refractivity contribution is 0.189. The Kier molecular flexibility index (Phi) is 5.00. The lowest BCUT2D eigenvalue weighted by Crippen LogP contribution is -2.06. The molecule has 0 spiro atoms. The second-order valence-electron chi connectivity index (χ2n) is 5.28. The highest BCUT2D eigenvalue weighted by Gasteiger charge is 2.23. The average Bonchev–Trinajstić information content (AvgIpc) is 2.67. The number of aryl methyl sites for hydroxylation is 1. The summed E-state index contributed by atoms with van der Waals surface area (Å²) in [7, 11) is 1.64. The zero-order chi connectivity index (χ0) is 16.6. The van der Waals surface area contributed by atoms with Crippen LogP contribution in [-0.4, -0.2) is 21.0 Å². The minimum atomic E-state index is -0.819. The van der Waals surface area contributed by atoms with Gasteiger partial charge in [0.1, 0.15) is 17.3 Å². The van der Waals surface area contributed by atoms with Gasteiger partial charge in [-0.15, -0.1) is 0 Å². The van der Waals surface area contributed by atoms with Crippen LogP contribution in [0.4, 0.5) is 4.39 Å². The predicted molar refractivity (Wildman–Crippen MR) is 85.0 cm³/mol. The molecule has 0 amide bonds. The quantitative estimate of drug-likeness (QED) is 0.893.